The highest BCUT2D eigenvalue weighted by molar-refractivity contribution is 5.77. The molecule has 0 bridgehead atoms. The van der Waals surface area contributed by atoms with Gasteiger partial charge in [0.05, 0.1) is 18.8 Å². The Morgan fingerprint density at radius 3 is 2.32 bits per heavy atom. The van der Waals surface area contributed by atoms with E-state index in [0.29, 0.717) is 18.1 Å². The first-order valence-corrected chi connectivity index (χ1v) is 10.3. The van der Waals surface area contributed by atoms with E-state index >= 15 is 0 Å². The number of aryl methyl sites for hydroxylation is 1. The Balaban J connectivity index is 1.47. The van der Waals surface area contributed by atoms with Crippen LogP contribution in [0.2, 0.25) is 0 Å². The Bertz CT molecular complexity index is 1040. The molecule has 1 amide bonds. The van der Waals surface area contributed by atoms with E-state index in [1.807, 2.05) is 50.2 Å². The van der Waals surface area contributed by atoms with E-state index in [1.54, 1.807) is 18.2 Å². The van der Waals surface area contributed by atoms with Crippen molar-refractivity contribution < 1.29 is 14.3 Å². The monoisotopic (exact) mass is 421 g/mol. The van der Waals surface area contributed by atoms with Crippen LogP contribution in [0.1, 0.15) is 18.9 Å². The summed E-state index contributed by atoms with van der Waals surface area (Å²) in [6, 6.07) is 18.3. The summed E-state index contributed by atoms with van der Waals surface area (Å²) in [5, 5.41) is 7.15. The summed E-state index contributed by atoms with van der Waals surface area (Å²) in [6.07, 6.45) is 0.941. The first-order chi connectivity index (χ1) is 15.0. The van der Waals surface area contributed by atoms with E-state index in [4.69, 9.17) is 9.47 Å². The lowest BCUT2D eigenvalue weighted by molar-refractivity contribution is -0.123. The minimum absolute atomic E-state index is 0.110. The van der Waals surface area contributed by atoms with Crippen LogP contribution in [0.4, 0.5) is 0 Å². The summed E-state index contributed by atoms with van der Waals surface area (Å²) in [5.74, 6) is 1.08. The summed E-state index contributed by atoms with van der Waals surface area (Å²) in [7, 11) is 0. The number of carbonyl (C=O) groups is 1. The van der Waals surface area contributed by atoms with E-state index in [9.17, 15) is 9.59 Å². The Morgan fingerprint density at radius 1 is 0.968 bits per heavy atom. The molecule has 1 aromatic heterocycles. The number of hydrogen-bond donors (Lipinski definition) is 1. The van der Waals surface area contributed by atoms with Gasteiger partial charge in [0.1, 0.15) is 11.5 Å². The van der Waals surface area contributed by atoms with Crippen LogP contribution in [-0.4, -0.2) is 35.4 Å². The molecule has 3 rings (SSSR count). The molecule has 7 nitrogen and oxygen atoms in total. The fraction of sp³-hybridized carbons (Fsp3) is 0.292. The normalized spacial score (nSPS) is 10.5. The molecule has 162 valence electrons. The molecule has 31 heavy (non-hydrogen) atoms. The number of amides is 1. The van der Waals surface area contributed by atoms with E-state index in [-0.39, 0.29) is 31.2 Å². The molecule has 0 radical (unpaired) electrons. The Hall–Kier alpha value is -3.61. The molecule has 0 aliphatic heterocycles. The molecule has 3 aromatic rings. The van der Waals surface area contributed by atoms with Gasteiger partial charge in [-0.1, -0.05) is 36.8 Å². The number of benzene rings is 2. The maximum Gasteiger partial charge on any atom is 0.266 e. The molecule has 1 N–H and O–H groups in total. The third kappa shape index (κ3) is 6.70. The molecule has 0 saturated heterocycles. The fourth-order valence-electron chi connectivity index (χ4n) is 2.84. The molecule has 0 fully saturated rings. The SMILES string of the molecule is CCCOc1ccc(OCC(=O)NCCn2nc(-c3ccc(C)cc3)ccc2=O)cc1. The van der Waals surface area contributed by atoms with E-state index in [2.05, 4.69) is 10.4 Å². The maximum absolute atomic E-state index is 12.1. The molecule has 2 aromatic carbocycles. The number of ether oxygens (including phenoxy) is 2. The van der Waals surface area contributed by atoms with Crippen molar-refractivity contribution in [1.82, 2.24) is 15.1 Å². The minimum atomic E-state index is -0.269. The summed E-state index contributed by atoms with van der Waals surface area (Å²) in [4.78, 5) is 24.1. The van der Waals surface area contributed by atoms with Gasteiger partial charge in [-0.3, -0.25) is 9.59 Å². The highest BCUT2D eigenvalue weighted by Gasteiger charge is 2.06. The van der Waals surface area contributed by atoms with Crippen LogP contribution < -0.4 is 20.3 Å². The molecule has 0 aliphatic rings. The Morgan fingerprint density at radius 2 is 1.65 bits per heavy atom. The molecule has 0 spiro atoms. The highest BCUT2D eigenvalue weighted by atomic mass is 16.5. The van der Waals surface area contributed by atoms with E-state index in [0.717, 1.165) is 23.3 Å². The van der Waals surface area contributed by atoms with Crippen molar-refractivity contribution in [2.45, 2.75) is 26.8 Å². The lowest BCUT2D eigenvalue weighted by Crippen LogP contribution is -2.34. The van der Waals surface area contributed by atoms with Crippen molar-refractivity contribution in [3.05, 3.63) is 76.6 Å². The van der Waals surface area contributed by atoms with Crippen LogP contribution in [0.3, 0.4) is 0 Å². The molecular weight excluding hydrogens is 394 g/mol. The fourth-order valence-corrected chi connectivity index (χ4v) is 2.84. The van der Waals surface area contributed by atoms with Crippen molar-refractivity contribution >= 4 is 5.91 Å². The summed E-state index contributed by atoms with van der Waals surface area (Å²) in [6.45, 7) is 5.16. The van der Waals surface area contributed by atoms with Crippen molar-refractivity contribution in [2.24, 2.45) is 0 Å². The first-order valence-electron chi connectivity index (χ1n) is 10.3. The first kappa shape index (κ1) is 22.1. The average molecular weight is 421 g/mol. The van der Waals surface area contributed by atoms with Crippen molar-refractivity contribution in [1.29, 1.82) is 0 Å². The van der Waals surface area contributed by atoms with Gasteiger partial charge in [-0.25, -0.2) is 4.68 Å². The predicted molar refractivity (Wildman–Crippen MR) is 119 cm³/mol. The molecule has 0 saturated carbocycles. The number of rotatable bonds is 10. The third-order valence-electron chi connectivity index (χ3n) is 4.53. The lowest BCUT2D eigenvalue weighted by Gasteiger charge is -2.10. The van der Waals surface area contributed by atoms with Crippen molar-refractivity contribution in [3.8, 4) is 22.8 Å². The largest absolute Gasteiger partial charge is 0.494 e. The van der Waals surface area contributed by atoms with Gasteiger partial charge in [0.25, 0.3) is 11.5 Å². The quantitative estimate of drug-likeness (QED) is 0.544. The van der Waals surface area contributed by atoms with Crippen LogP contribution in [0.15, 0.2) is 65.5 Å². The summed E-state index contributed by atoms with van der Waals surface area (Å²) >= 11 is 0. The zero-order chi connectivity index (χ0) is 22.1. The summed E-state index contributed by atoms with van der Waals surface area (Å²) < 4.78 is 12.4. The molecule has 7 heteroatoms. The maximum atomic E-state index is 12.1. The number of nitrogens with zero attached hydrogens (tertiary/aromatic N) is 2. The number of carbonyl (C=O) groups excluding carboxylic acids is 1. The van der Waals surface area contributed by atoms with Crippen LogP contribution in [0, 0.1) is 6.92 Å². The molecule has 0 unspecified atom stereocenters. The number of nitrogens with one attached hydrogen (secondary N) is 1. The second-order valence-electron chi connectivity index (χ2n) is 7.10. The Kier molecular flexibility index (Phi) is 7.81. The smallest absolute Gasteiger partial charge is 0.266 e. The topological polar surface area (TPSA) is 82.4 Å². The zero-order valence-electron chi connectivity index (χ0n) is 17.8. The van der Waals surface area contributed by atoms with E-state index in [1.165, 1.54) is 10.7 Å². The van der Waals surface area contributed by atoms with Gasteiger partial charge in [-0.2, -0.15) is 5.10 Å². The molecule has 0 aliphatic carbocycles. The van der Waals surface area contributed by atoms with Gasteiger partial charge in [0.15, 0.2) is 6.61 Å². The van der Waals surface area contributed by atoms with Gasteiger partial charge < -0.3 is 14.8 Å². The lowest BCUT2D eigenvalue weighted by atomic mass is 10.1. The third-order valence-corrected chi connectivity index (χ3v) is 4.53. The standard InChI is InChI=1S/C24H27N3O4/c1-3-16-30-20-8-10-21(11-9-20)31-17-23(28)25-14-15-27-24(29)13-12-22(26-27)19-6-4-18(2)5-7-19/h4-13H,3,14-17H2,1-2H3,(H,25,28). The van der Waals surface area contributed by atoms with Crippen LogP contribution in [-0.2, 0) is 11.3 Å². The molecule has 1 heterocycles. The summed E-state index contributed by atoms with van der Waals surface area (Å²) in [5.41, 5.74) is 2.58. The average Bonchev–Trinajstić information content (AvgIpc) is 2.79. The van der Waals surface area contributed by atoms with Gasteiger partial charge in [-0.05, 0) is 43.7 Å². The van der Waals surface area contributed by atoms with Gasteiger partial charge in [0, 0.05) is 18.2 Å². The van der Waals surface area contributed by atoms with Crippen LogP contribution in [0.25, 0.3) is 11.3 Å². The second-order valence-corrected chi connectivity index (χ2v) is 7.10. The van der Waals surface area contributed by atoms with Crippen LogP contribution in [0.5, 0.6) is 11.5 Å². The van der Waals surface area contributed by atoms with E-state index < -0.39 is 0 Å². The van der Waals surface area contributed by atoms with Gasteiger partial charge in [-0.15, -0.1) is 0 Å². The Labute approximate surface area is 181 Å². The number of aromatic nitrogens is 2. The van der Waals surface area contributed by atoms with Crippen molar-refractivity contribution in [2.75, 3.05) is 19.8 Å². The molecule has 0 atom stereocenters. The van der Waals surface area contributed by atoms with Crippen molar-refractivity contribution in [3.63, 3.8) is 0 Å². The van der Waals surface area contributed by atoms with Crippen LogP contribution >= 0.6 is 0 Å². The highest BCUT2D eigenvalue weighted by Crippen LogP contribution is 2.18. The number of hydrogen-bond acceptors (Lipinski definition) is 5. The zero-order valence-corrected chi connectivity index (χ0v) is 17.8. The van der Waals surface area contributed by atoms with Gasteiger partial charge >= 0.3 is 0 Å². The molecular formula is C24H27N3O4. The van der Waals surface area contributed by atoms with Gasteiger partial charge in [0.2, 0.25) is 0 Å². The minimum Gasteiger partial charge on any atom is -0.494 e. The second kappa shape index (κ2) is 11.0. The predicted octanol–water partition coefficient (Wildman–Crippen LogP) is 3.20.